The average molecular weight is 253 g/mol. The standard InChI is InChI=1S/C12H16FN3S/c1-7-6-17-11(8(7)2)10-9(13)5-14-12(15-10)16(3)4/h5-6,9-10H,1-4H3. The van der Waals surface area contributed by atoms with Crippen LogP contribution in [0.3, 0.4) is 0 Å². The fourth-order valence-electron chi connectivity index (χ4n) is 1.70. The zero-order valence-corrected chi connectivity index (χ0v) is 11.3. The van der Waals surface area contributed by atoms with Crippen LogP contribution in [0.15, 0.2) is 15.4 Å². The molecule has 1 aliphatic rings. The quantitative estimate of drug-likeness (QED) is 0.756. The van der Waals surface area contributed by atoms with Crippen LogP contribution in [-0.4, -0.2) is 37.3 Å². The number of guanidine groups is 1. The van der Waals surface area contributed by atoms with Crippen LogP contribution in [0, 0.1) is 13.8 Å². The van der Waals surface area contributed by atoms with E-state index in [-0.39, 0.29) is 0 Å². The van der Waals surface area contributed by atoms with Gasteiger partial charge >= 0.3 is 0 Å². The number of alkyl halides is 1. The first-order valence-electron chi connectivity index (χ1n) is 5.48. The second-order valence-electron chi connectivity index (χ2n) is 4.40. The predicted octanol–water partition coefficient (Wildman–Crippen LogP) is 2.75. The lowest BCUT2D eigenvalue weighted by Crippen LogP contribution is -2.28. The Balaban J connectivity index is 2.38. The Morgan fingerprint density at radius 2 is 2.06 bits per heavy atom. The molecule has 2 heterocycles. The summed E-state index contributed by atoms with van der Waals surface area (Å²) in [7, 11) is 3.72. The predicted molar refractivity (Wildman–Crippen MR) is 71.0 cm³/mol. The van der Waals surface area contributed by atoms with E-state index in [0.717, 1.165) is 10.4 Å². The van der Waals surface area contributed by atoms with Gasteiger partial charge in [-0.05, 0) is 30.4 Å². The van der Waals surface area contributed by atoms with Gasteiger partial charge in [0, 0.05) is 25.2 Å². The van der Waals surface area contributed by atoms with Crippen LogP contribution in [0.2, 0.25) is 0 Å². The molecule has 0 N–H and O–H groups in total. The summed E-state index contributed by atoms with van der Waals surface area (Å²) in [6.45, 7) is 4.06. The zero-order chi connectivity index (χ0) is 12.6. The summed E-state index contributed by atoms with van der Waals surface area (Å²) in [6, 6.07) is -0.441. The Morgan fingerprint density at radius 1 is 1.35 bits per heavy atom. The van der Waals surface area contributed by atoms with E-state index >= 15 is 0 Å². The molecule has 5 heteroatoms. The molecule has 2 rings (SSSR count). The van der Waals surface area contributed by atoms with Crippen molar-refractivity contribution in [2.45, 2.75) is 26.1 Å². The summed E-state index contributed by atoms with van der Waals surface area (Å²) < 4.78 is 13.9. The first-order valence-corrected chi connectivity index (χ1v) is 6.36. The minimum atomic E-state index is -1.13. The topological polar surface area (TPSA) is 28.0 Å². The molecule has 0 amide bonds. The van der Waals surface area contributed by atoms with Gasteiger partial charge in [-0.25, -0.2) is 14.4 Å². The highest BCUT2D eigenvalue weighted by Crippen LogP contribution is 2.34. The van der Waals surface area contributed by atoms with Crippen molar-refractivity contribution in [1.82, 2.24) is 4.90 Å². The van der Waals surface area contributed by atoms with Gasteiger partial charge in [0.25, 0.3) is 0 Å². The van der Waals surface area contributed by atoms with E-state index in [1.165, 1.54) is 11.8 Å². The minimum Gasteiger partial charge on any atom is -0.347 e. The highest BCUT2D eigenvalue weighted by molar-refractivity contribution is 7.10. The van der Waals surface area contributed by atoms with Crippen LogP contribution in [-0.2, 0) is 0 Å². The minimum absolute atomic E-state index is 0.441. The molecule has 1 aromatic heterocycles. The van der Waals surface area contributed by atoms with Gasteiger partial charge in [-0.15, -0.1) is 11.3 Å². The summed E-state index contributed by atoms with van der Waals surface area (Å²) in [5.41, 5.74) is 2.33. The molecule has 0 spiro atoms. The van der Waals surface area contributed by atoms with Crippen molar-refractivity contribution in [2.75, 3.05) is 14.1 Å². The van der Waals surface area contributed by atoms with Gasteiger partial charge in [0.1, 0.15) is 6.04 Å². The number of hydrogen-bond acceptors (Lipinski definition) is 4. The van der Waals surface area contributed by atoms with Crippen molar-refractivity contribution >= 4 is 23.5 Å². The molecule has 2 atom stereocenters. The Labute approximate surface area is 105 Å². The maximum absolute atomic E-state index is 13.9. The summed E-state index contributed by atoms with van der Waals surface area (Å²) in [5, 5.41) is 2.05. The second kappa shape index (κ2) is 4.56. The monoisotopic (exact) mass is 253 g/mol. The lowest BCUT2D eigenvalue weighted by molar-refractivity contribution is 0.370. The highest BCUT2D eigenvalue weighted by atomic mass is 32.1. The zero-order valence-electron chi connectivity index (χ0n) is 10.4. The van der Waals surface area contributed by atoms with Gasteiger partial charge in [0.15, 0.2) is 6.17 Å². The molecular formula is C12H16FN3S. The van der Waals surface area contributed by atoms with Gasteiger partial charge in [-0.3, -0.25) is 0 Å². The van der Waals surface area contributed by atoms with Crippen molar-refractivity contribution in [2.24, 2.45) is 9.98 Å². The summed E-state index contributed by atoms with van der Waals surface area (Å²) in [5.74, 6) is 0.578. The van der Waals surface area contributed by atoms with E-state index in [1.807, 2.05) is 33.3 Å². The molecular weight excluding hydrogens is 237 g/mol. The van der Waals surface area contributed by atoms with Crippen LogP contribution in [0.25, 0.3) is 0 Å². The average Bonchev–Trinajstić information content (AvgIpc) is 2.60. The Kier molecular flexibility index (Phi) is 3.28. The molecule has 0 aliphatic carbocycles. The van der Waals surface area contributed by atoms with Crippen LogP contribution < -0.4 is 0 Å². The number of hydrogen-bond donors (Lipinski definition) is 0. The third-order valence-corrected chi connectivity index (χ3v) is 4.15. The third kappa shape index (κ3) is 2.24. The molecule has 0 radical (unpaired) electrons. The number of rotatable bonds is 1. The van der Waals surface area contributed by atoms with E-state index in [4.69, 9.17) is 0 Å². The fraction of sp³-hybridized carbons (Fsp3) is 0.500. The number of thiophene rings is 1. The van der Waals surface area contributed by atoms with Crippen molar-refractivity contribution in [1.29, 1.82) is 0 Å². The molecule has 1 aromatic rings. The molecule has 0 saturated carbocycles. The molecule has 0 bridgehead atoms. The summed E-state index contributed by atoms with van der Waals surface area (Å²) in [4.78, 5) is 11.2. The second-order valence-corrected chi connectivity index (χ2v) is 5.31. The van der Waals surface area contributed by atoms with Crippen molar-refractivity contribution < 1.29 is 4.39 Å². The van der Waals surface area contributed by atoms with Crippen LogP contribution >= 0.6 is 11.3 Å². The van der Waals surface area contributed by atoms with Gasteiger partial charge in [-0.2, -0.15) is 0 Å². The van der Waals surface area contributed by atoms with E-state index < -0.39 is 12.2 Å². The van der Waals surface area contributed by atoms with Crippen molar-refractivity contribution in [3.05, 3.63) is 21.4 Å². The summed E-state index contributed by atoms with van der Waals surface area (Å²) in [6.07, 6.45) is 0.219. The highest BCUT2D eigenvalue weighted by Gasteiger charge is 2.28. The smallest absolute Gasteiger partial charge is 0.220 e. The third-order valence-electron chi connectivity index (χ3n) is 2.88. The summed E-state index contributed by atoms with van der Waals surface area (Å²) >= 11 is 1.57. The Bertz CT molecular complexity index is 476. The van der Waals surface area contributed by atoms with Gasteiger partial charge in [0.2, 0.25) is 5.96 Å². The number of nitrogens with zero attached hydrogens (tertiary/aromatic N) is 3. The maximum Gasteiger partial charge on any atom is 0.220 e. The van der Waals surface area contributed by atoms with E-state index in [9.17, 15) is 4.39 Å². The largest absolute Gasteiger partial charge is 0.347 e. The first kappa shape index (κ1) is 12.2. The van der Waals surface area contributed by atoms with Crippen LogP contribution in [0.5, 0.6) is 0 Å². The van der Waals surface area contributed by atoms with E-state index in [1.54, 1.807) is 16.2 Å². The molecule has 2 unspecified atom stereocenters. The number of halogens is 1. The SMILES string of the molecule is Cc1csc(C2N=C(N(C)C)N=CC2F)c1C. The lowest BCUT2D eigenvalue weighted by atomic mass is 10.1. The Morgan fingerprint density at radius 3 is 2.59 bits per heavy atom. The lowest BCUT2D eigenvalue weighted by Gasteiger charge is -2.22. The van der Waals surface area contributed by atoms with Crippen LogP contribution in [0.4, 0.5) is 4.39 Å². The molecule has 17 heavy (non-hydrogen) atoms. The molecule has 0 saturated heterocycles. The normalized spacial score (nSPS) is 23.7. The first-order chi connectivity index (χ1) is 8.00. The number of aryl methyl sites for hydroxylation is 1. The van der Waals surface area contributed by atoms with E-state index in [0.29, 0.717) is 5.96 Å². The van der Waals surface area contributed by atoms with Crippen molar-refractivity contribution in [3.8, 4) is 0 Å². The van der Waals surface area contributed by atoms with Gasteiger partial charge < -0.3 is 4.90 Å². The van der Waals surface area contributed by atoms with Gasteiger partial charge in [-0.1, -0.05) is 0 Å². The Hall–Kier alpha value is -1.23. The molecule has 92 valence electrons. The molecule has 1 aliphatic heterocycles. The fourth-order valence-corrected chi connectivity index (χ4v) is 2.84. The molecule has 3 nitrogen and oxygen atoms in total. The number of aliphatic imine (C=N–C) groups is 2. The van der Waals surface area contributed by atoms with Crippen molar-refractivity contribution in [3.63, 3.8) is 0 Å². The molecule has 0 aromatic carbocycles. The van der Waals surface area contributed by atoms with E-state index in [2.05, 4.69) is 9.98 Å². The maximum atomic E-state index is 13.9. The molecule has 0 fully saturated rings. The van der Waals surface area contributed by atoms with Gasteiger partial charge in [0.05, 0.1) is 0 Å². The van der Waals surface area contributed by atoms with Crippen LogP contribution in [0.1, 0.15) is 22.0 Å².